The number of hydrogen-bond acceptors (Lipinski definition) is 8. The average Bonchev–Trinajstić information content (AvgIpc) is 3.14. The zero-order valence-corrected chi connectivity index (χ0v) is 27.1. The van der Waals surface area contributed by atoms with Crippen molar-refractivity contribution in [2.24, 2.45) is 0 Å². The van der Waals surface area contributed by atoms with Gasteiger partial charge in [0.15, 0.2) is 6.10 Å². The summed E-state index contributed by atoms with van der Waals surface area (Å²) in [5.41, 5.74) is 3.79. The SMILES string of the molecule is C=CC(=O)OC1CCC(c2ccc(C(=O)OCC(OC(=O)c3ccc(C4CCC(OC(=O)C=C)CC4)cc3)c3ccccc3)cc2)CC1. The number of carbonyl (C=O) groups is 4. The molecular formula is C40H42O8. The Labute approximate surface area is 281 Å². The van der Waals surface area contributed by atoms with Gasteiger partial charge in [-0.2, -0.15) is 0 Å². The summed E-state index contributed by atoms with van der Waals surface area (Å²) in [6.45, 7) is 6.77. The molecule has 48 heavy (non-hydrogen) atoms. The third-order valence-electron chi connectivity index (χ3n) is 9.27. The first-order valence-corrected chi connectivity index (χ1v) is 16.6. The summed E-state index contributed by atoms with van der Waals surface area (Å²) in [5, 5.41) is 0. The molecule has 8 heteroatoms. The summed E-state index contributed by atoms with van der Waals surface area (Å²) in [6, 6.07) is 24.0. The van der Waals surface area contributed by atoms with Gasteiger partial charge in [-0.05, 0) is 104 Å². The van der Waals surface area contributed by atoms with E-state index >= 15 is 0 Å². The molecule has 0 saturated heterocycles. The molecule has 2 aliphatic rings. The maximum Gasteiger partial charge on any atom is 0.338 e. The van der Waals surface area contributed by atoms with Crippen molar-refractivity contribution in [3.63, 3.8) is 0 Å². The molecule has 2 saturated carbocycles. The average molecular weight is 651 g/mol. The molecule has 1 atom stereocenters. The Morgan fingerprint density at radius 3 is 1.48 bits per heavy atom. The third kappa shape index (κ3) is 9.31. The number of ether oxygens (including phenoxy) is 4. The molecule has 0 aliphatic heterocycles. The molecule has 8 nitrogen and oxygen atoms in total. The van der Waals surface area contributed by atoms with Crippen LogP contribution in [0.4, 0.5) is 0 Å². The highest BCUT2D eigenvalue weighted by Crippen LogP contribution is 2.35. The fourth-order valence-corrected chi connectivity index (χ4v) is 6.53. The summed E-state index contributed by atoms with van der Waals surface area (Å²) < 4.78 is 22.3. The number of carbonyl (C=O) groups excluding carboxylic acids is 4. The number of hydrogen-bond donors (Lipinski definition) is 0. The van der Waals surface area contributed by atoms with Gasteiger partial charge in [0.25, 0.3) is 0 Å². The third-order valence-corrected chi connectivity index (χ3v) is 9.27. The highest BCUT2D eigenvalue weighted by atomic mass is 16.6. The topological polar surface area (TPSA) is 105 Å². The fourth-order valence-electron chi connectivity index (χ4n) is 6.53. The maximum absolute atomic E-state index is 13.2. The van der Waals surface area contributed by atoms with E-state index in [-0.39, 0.29) is 30.8 Å². The second-order valence-corrected chi connectivity index (χ2v) is 12.4. The molecule has 0 spiro atoms. The van der Waals surface area contributed by atoms with Crippen LogP contribution < -0.4 is 0 Å². The van der Waals surface area contributed by atoms with Gasteiger partial charge in [-0.3, -0.25) is 0 Å². The van der Waals surface area contributed by atoms with Crippen LogP contribution >= 0.6 is 0 Å². The second-order valence-electron chi connectivity index (χ2n) is 12.4. The molecular weight excluding hydrogens is 608 g/mol. The van der Waals surface area contributed by atoms with Crippen molar-refractivity contribution in [1.29, 1.82) is 0 Å². The summed E-state index contributed by atoms with van der Waals surface area (Å²) in [4.78, 5) is 49.3. The normalized spacial score (nSPS) is 21.2. The van der Waals surface area contributed by atoms with Crippen molar-refractivity contribution in [1.82, 2.24) is 0 Å². The summed E-state index contributed by atoms with van der Waals surface area (Å²) in [6.07, 6.45) is 8.12. The van der Waals surface area contributed by atoms with Crippen molar-refractivity contribution < 1.29 is 38.1 Å². The van der Waals surface area contributed by atoms with E-state index in [0.29, 0.717) is 28.5 Å². The van der Waals surface area contributed by atoms with Gasteiger partial charge >= 0.3 is 23.9 Å². The lowest BCUT2D eigenvalue weighted by atomic mass is 9.82. The number of rotatable bonds is 12. The molecule has 0 aromatic heterocycles. The van der Waals surface area contributed by atoms with E-state index in [0.717, 1.165) is 62.5 Å². The van der Waals surface area contributed by atoms with Gasteiger partial charge in [0.1, 0.15) is 18.8 Å². The Bertz CT molecular complexity index is 1560. The van der Waals surface area contributed by atoms with Crippen molar-refractivity contribution in [3.05, 3.63) is 132 Å². The van der Waals surface area contributed by atoms with Crippen molar-refractivity contribution in [2.45, 2.75) is 81.5 Å². The van der Waals surface area contributed by atoms with E-state index in [2.05, 4.69) is 13.2 Å². The largest absolute Gasteiger partial charge is 0.459 e. The monoisotopic (exact) mass is 650 g/mol. The second kappa shape index (κ2) is 16.7. The van der Waals surface area contributed by atoms with Gasteiger partial charge in [-0.25, -0.2) is 19.2 Å². The zero-order valence-electron chi connectivity index (χ0n) is 27.1. The van der Waals surface area contributed by atoms with E-state index < -0.39 is 18.0 Å². The van der Waals surface area contributed by atoms with Crippen LogP contribution in [0.5, 0.6) is 0 Å². The molecule has 2 fully saturated rings. The smallest absolute Gasteiger partial charge is 0.338 e. The van der Waals surface area contributed by atoms with Gasteiger partial charge in [0.05, 0.1) is 11.1 Å². The Hall–Kier alpha value is -4.98. The van der Waals surface area contributed by atoms with Gasteiger partial charge in [0.2, 0.25) is 0 Å². The Kier molecular flexibility index (Phi) is 12.0. The van der Waals surface area contributed by atoms with E-state index in [1.54, 1.807) is 24.3 Å². The lowest BCUT2D eigenvalue weighted by Crippen LogP contribution is -2.23. The van der Waals surface area contributed by atoms with Crippen LogP contribution in [0.1, 0.15) is 107 Å². The first kappa shape index (κ1) is 34.4. The molecule has 0 N–H and O–H groups in total. The molecule has 0 bridgehead atoms. The maximum atomic E-state index is 13.2. The van der Waals surface area contributed by atoms with Crippen LogP contribution in [0.15, 0.2) is 104 Å². The zero-order chi connectivity index (χ0) is 33.9. The van der Waals surface area contributed by atoms with Crippen LogP contribution in [-0.4, -0.2) is 42.7 Å². The Balaban J connectivity index is 1.14. The van der Waals surface area contributed by atoms with Crippen LogP contribution in [0.25, 0.3) is 0 Å². The predicted molar refractivity (Wildman–Crippen MR) is 180 cm³/mol. The molecule has 5 rings (SSSR count). The van der Waals surface area contributed by atoms with E-state index in [1.165, 1.54) is 12.2 Å². The predicted octanol–water partition coefficient (Wildman–Crippen LogP) is 7.95. The first-order chi connectivity index (χ1) is 23.3. The fraction of sp³-hybridized carbons (Fsp3) is 0.350. The van der Waals surface area contributed by atoms with Crippen LogP contribution in [0.2, 0.25) is 0 Å². The minimum atomic E-state index is -0.791. The molecule has 0 heterocycles. The summed E-state index contributed by atoms with van der Waals surface area (Å²) in [7, 11) is 0. The van der Waals surface area contributed by atoms with Gasteiger partial charge in [0, 0.05) is 12.2 Å². The highest BCUT2D eigenvalue weighted by molar-refractivity contribution is 5.90. The van der Waals surface area contributed by atoms with Crippen molar-refractivity contribution in [2.75, 3.05) is 6.61 Å². The highest BCUT2D eigenvalue weighted by Gasteiger charge is 2.27. The van der Waals surface area contributed by atoms with Gasteiger partial charge in [-0.15, -0.1) is 0 Å². The molecule has 3 aromatic carbocycles. The summed E-state index contributed by atoms with van der Waals surface area (Å²) in [5.74, 6) is -1.14. The van der Waals surface area contributed by atoms with Crippen molar-refractivity contribution >= 4 is 23.9 Å². The molecule has 250 valence electrons. The molecule has 2 aliphatic carbocycles. The van der Waals surface area contributed by atoms with Crippen LogP contribution in [0.3, 0.4) is 0 Å². The minimum Gasteiger partial charge on any atom is -0.459 e. The Morgan fingerprint density at radius 1 is 0.604 bits per heavy atom. The standard InChI is InChI=1S/C40H42O8/c1-3-37(41)46-34-22-18-29(19-23-34)27-10-14-32(15-11-27)39(43)45-26-36(31-8-6-5-7-9-31)48-40(44)33-16-12-28(13-17-33)30-20-24-35(25-21-30)47-38(42)4-2/h3-17,29-30,34-36H,1-2,18-26H2. The minimum absolute atomic E-state index is 0.0831. The van der Waals surface area contributed by atoms with Crippen molar-refractivity contribution in [3.8, 4) is 0 Å². The number of benzene rings is 3. The van der Waals surface area contributed by atoms with E-state index in [1.807, 2.05) is 54.6 Å². The molecule has 0 radical (unpaired) electrons. The lowest BCUT2D eigenvalue weighted by molar-refractivity contribution is -0.145. The quantitative estimate of drug-likeness (QED) is 0.111. The van der Waals surface area contributed by atoms with Gasteiger partial charge in [-0.1, -0.05) is 67.8 Å². The van der Waals surface area contributed by atoms with Crippen LogP contribution in [-0.2, 0) is 28.5 Å². The van der Waals surface area contributed by atoms with E-state index in [9.17, 15) is 19.2 Å². The van der Waals surface area contributed by atoms with Gasteiger partial charge < -0.3 is 18.9 Å². The molecule has 1 unspecified atom stereocenters. The first-order valence-electron chi connectivity index (χ1n) is 16.6. The summed E-state index contributed by atoms with van der Waals surface area (Å²) >= 11 is 0. The lowest BCUT2D eigenvalue weighted by Gasteiger charge is -2.28. The molecule has 3 aromatic rings. The Morgan fingerprint density at radius 2 is 1.04 bits per heavy atom. The van der Waals surface area contributed by atoms with E-state index in [4.69, 9.17) is 18.9 Å². The molecule has 0 amide bonds. The van der Waals surface area contributed by atoms with Crippen LogP contribution in [0, 0.1) is 0 Å². The number of esters is 4.